The molecule has 26 heavy (non-hydrogen) atoms. The van der Waals surface area contributed by atoms with Gasteiger partial charge in [-0.1, -0.05) is 30.3 Å². The van der Waals surface area contributed by atoms with Crippen LogP contribution in [0.5, 0.6) is 0 Å². The van der Waals surface area contributed by atoms with Crippen molar-refractivity contribution in [2.75, 3.05) is 6.54 Å². The smallest absolute Gasteiger partial charge is 0.271 e. The minimum absolute atomic E-state index is 0.197. The van der Waals surface area contributed by atoms with Gasteiger partial charge in [0.05, 0.1) is 17.2 Å². The van der Waals surface area contributed by atoms with Crippen LogP contribution in [-0.4, -0.2) is 27.4 Å². The Labute approximate surface area is 151 Å². The number of aromatic amines is 1. The van der Waals surface area contributed by atoms with Crippen molar-refractivity contribution in [1.82, 2.24) is 20.3 Å². The van der Waals surface area contributed by atoms with E-state index in [1.807, 2.05) is 24.3 Å². The molecule has 2 aromatic carbocycles. The molecule has 2 heterocycles. The van der Waals surface area contributed by atoms with Crippen LogP contribution in [0.4, 0.5) is 0 Å². The number of hydrogen-bond acceptors (Lipinski definition) is 3. The first-order valence-corrected chi connectivity index (χ1v) is 8.70. The highest BCUT2D eigenvalue weighted by Crippen LogP contribution is 2.24. The van der Waals surface area contributed by atoms with Crippen molar-refractivity contribution < 1.29 is 4.79 Å². The summed E-state index contributed by atoms with van der Waals surface area (Å²) in [5.74, 6) is -0.197. The molecule has 5 nitrogen and oxygen atoms in total. The monoisotopic (exact) mass is 344 g/mol. The van der Waals surface area contributed by atoms with Crippen LogP contribution < -0.4 is 5.32 Å². The van der Waals surface area contributed by atoms with Crippen LogP contribution in [0.3, 0.4) is 0 Å². The normalized spacial score (nSPS) is 11.2. The summed E-state index contributed by atoms with van der Waals surface area (Å²) in [7, 11) is 0. The minimum Gasteiger partial charge on any atom is -0.358 e. The Morgan fingerprint density at radius 1 is 1.08 bits per heavy atom. The van der Waals surface area contributed by atoms with Gasteiger partial charge in [0, 0.05) is 23.1 Å². The van der Waals surface area contributed by atoms with Gasteiger partial charge in [-0.15, -0.1) is 0 Å². The Morgan fingerprint density at radius 2 is 1.88 bits per heavy atom. The number of benzene rings is 2. The number of hydrogen-bond donors (Lipinski definition) is 2. The van der Waals surface area contributed by atoms with Crippen LogP contribution >= 0.6 is 0 Å². The maximum Gasteiger partial charge on any atom is 0.271 e. The third-order valence-electron chi connectivity index (χ3n) is 4.70. The third kappa shape index (κ3) is 2.92. The molecule has 4 aromatic rings. The number of nitrogens with zero attached hydrogens (tertiary/aromatic N) is 2. The second-order valence-corrected chi connectivity index (χ2v) is 6.48. The lowest BCUT2D eigenvalue weighted by molar-refractivity contribution is 0.0949. The molecule has 1 amide bonds. The van der Waals surface area contributed by atoms with Crippen molar-refractivity contribution in [3.05, 3.63) is 71.2 Å². The van der Waals surface area contributed by atoms with E-state index in [1.165, 1.54) is 28.2 Å². The van der Waals surface area contributed by atoms with Crippen LogP contribution in [0.15, 0.2) is 48.7 Å². The number of nitrogens with one attached hydrogen (secondary N) is 2. The summed E-state index contributed by atoms with van der Waals surface area (Å²) in [6, 6.07) is 13.8. The zero-order valence-electron chi connectivity index (χ0n) is 14.8. The molecule has 0 atom stereocenters. The molecule has 0 fully saturated rings. The average molecular weight is 344 g/mol. The Balaban J connectivity index is 1.48. The minimum atomic E-state index is -0.197. The maximum atomic E-state index is 12.4. The van der Waals surface area contributed by atoms with Crippen LogP contribution in [0.25, 0.3) is 21.9 Å². The number of aromatic nitrogens is 3. The highest BCUT2D eigenvalue weighted by molar-refractivity contribution is 5.93. The van der Waals surface area contributed by atoms with Gasteiger partial charge in [0.1, 0.15) is 5.69 Å². The quantitative estimate of drug-likeness (QED) is 0.593. The van der Waals surface area contributed by atoms with E-state index in [-0.39, 0.29) is 5.91 Å². The molecule has 2 aromatic heterocycles. The Bertz CT molecular complexity index is 1110. The van der Waals surface area contributed by atoms with Gasteiger partial charge < -0.3 is 10.3 Å². The molecule has 0 saturated heterocycles. The van der Waals surface area contributed by atoms with Gasteiger partial charge in [0.25, 0.3) is 5.91 Å². The SMILES string of the molecule is Cc1[nH]c2c(C)cccc2c1CCNC(=O)c1cnc2ccccc2n1. The molecule has 130 valence electrons. The van der Waals surface area contributed by atoms with Gasteiger partial charge in [-0.25, -0.2) is 4.98 Å². The predicted molar refractivity (Wildman–Crippen MR) is 103 cm³/mol. The molecule has 0 radical (unpaired) electrons. The van der Waals surface area contributed by atoms with E-state index in [4.69, 9.17) is 0 Å². The van der Waals surface area contributed by atoms with Crippen molar-refractivity contribution >= 4 is 27.8 Å². The average Bonchev–Trinajstić information content (AvgIpc) is 2.98. The van der Waals surface area contributed by atoms with Crippen LogP contribution in [0, 0.1) is 13.8 Å². The fourth-order valence-corrected chi connectivity index (χ4v) is 3.33. The summed E-state index contributed by atoms with van der Waals surface area (Å²) in [4.78, 5) is 24.5. The van der Waals surface area contributed by atoms with E-state index in [1.54, 1.807) is 0 Å². The van der Waals surface area contributed by atoms with Gasteiger partial charge in [-0.3, -0.25) is 9.78 Å². The lowest BCUT2D eigenvalue weighted by Crippen LogP contribution is -2.26. The van der Waals surface area contributed by atoms with E-state index in [9.17, 15) is 4.79 Å². The third-order valence-corrected chi connectivity index (χ3v) is 4.70. The molecule has 0 bridgehead atoms. The maximum absolute atomic E-state index is 12.4. The van der Waals surface area contributed by atoms with E-state index in [2.05, 4.69) is 52.3 Å². The summed E-state index contributed by atoms with van der Waals surface area (Å²) in [5, 5.41) is 4.18. The molecule has 0 unspecified atom stereocenters. The van der Waals surface area contributed by atoms with Crippen molar-refractivity contribution in [2.45, 2.75) is 20.3 Å². The lowest BCUT2D eigenvalue weighted by atomic mass is 10.1. The van der Waals surface area contributed by atoms with Crippen molar-refractivity contribution in [3.63, 3.8) is 0 Å². The van der Waals surface area contributed by atoms with Crippen molar-refractivity contribution in [3.8, 4) is 0 Å². The molecule has 0 saturated carbocycles. The Morgan fingerprint density at radius 3 is 2.73 bits per heavy atom. The fourth-order valence-electron chi connectivity index (χ4n) is 3.33. The van der Waals surface area contributed by atoms with Crippen LogP contribution in [0.1, 0.15) is 27.3 Å². The summed E-state index contributed by atoms with van der Waals surface area (Å²) in [6.45, 7) is 4.72. The molecule has 5 heteroatoms. The molecule has 0 aliphatic carbocycles. The zero-order chi connectivity index (χ0) is 18.1. The number of carbonyl (C=O) groups is 1. The molecule has 2 N–H and O–H groups in total. The van der Waals surface area contributed by atoms with Gasteiger partial charge in [0.15, 0.2) is 0 Å². The first kappa shape index (κ1) is 16.3. The highest BCUT2D eigenvalue weighted by Gasteiger charge is 2.12. The predicted octanol–water partition coefficient (Wildman–Crippen LogP) is 3.70. The number of fused-ring (bicyclic) bond motifs is 2. The standard InChI is InChI=1S/C21H20N4O/c1-13-6-5-7-16-15(14(2)24-20(13)16)10-11-22-21(26)19-12-23-17-8-3-4-9-18(17)25-19/h3-9,12,24H,10-11H2,1-2H3,(H,22,26). The number of H-pyrrole nitrogens is 1. The summed E-state index contributed by atoms with van der Waals surface area (Å²) in [6.07, 6.45) is 2.29. The van der Waals surface area contributed by atoms with E-state index < -0.39 is 0 Å². The lowest BCUT2D eigenvalue weighted by Gasteiger charge is -2.06. The van der Waals surface area contributed by atoms with Crippen molar-refractivity contribution in [2.24, 2.45) is 0 Å². The van der Waals surface area contributed by atoms with Gasteiger partial charge >= 0.3 is 0 Å². The molecule has 0 aliphatic rings. The molecular formula is C21H20N4O. The Kier molecular flexibility index (Phi) is 4.13. The fraction of sp³-hybridized carbons (Fsp3) is 0.190. The number of rotatable bonds is 4. The second kappa shape index (κ2) is 6.59. The van der Waals surface area contributed by atoms with E-state index >= 15 is 0 Å². The highest BCUT2D eigenvalue weighted by atomic mass is 16.1. The van der Waals surface area contributed by atoms with Crippen LogP contribution in [0.2, 0.25) is 0 Å². The summed E-state index contributed by atoms with van der Waals surface area (Å²) >= 11 is 0. The van der Waals surface area contributed by atoms with Gasteiger partial charge in [-0.2, -0.15) is 0 Å². The largest absolute Gasteiger partial charge is 0.358 e. The molecule has 0 aliphatic heterocycles. The Hall–Kier alpha value is -3.21. The van der Waals surface area contributed by atoms with Crippen molar-refractivity contribution in [1.29, 1.82) is 0 Å². The summed E-state index contributed by atoms with van der Waals surface area (Å²) < 4.78 is 0. The number of amides is 1. The number of aryl methyl sites for hydroxylation is 2. The number of carbonyl (C=O) groups excluding carboxylic acids is 1. The van der Waals surface area contributed by atoms with Gasteiger partial charge in [-0.05, 0) is 43.5 Å². The zero-order valence-corrected chi connectivity index (χ0v) is 14.8. The van der Waals surface area contributed by atoms with Gasteiger partial charge in [0.2, 0.25) is 0 Å². The molecule has 0 spiro atoms. The first-order chi connectivity index (χ1) is 12.6. The summed E-state index contributed by atoms with van der Waals surface area (Å²) in [5.41, 5.74) is 6.65. The first-order valence-electron chi connectivity index (χ1n) is 8.70. The van der Waals surface area contributed by atoms with E-state index in [0.717, 1.165) is 23.1 Å². The number of para-hydroxylation sites is 3. The second-order valence-electron chi connectivity index (χ2n) is 6.48. The van der Waals surface area contributed by atoms with Crippen LogP contribution in [-0.2, 0) is 6.42 Å². The van der Waals surface area contributed by atoms with E-state index in [0.29, 0.717) is 12.2 Å². The molecule has 4 rings (SSSR count). The molecular weight excluding hydrogens is 324 g/mol. The topological polar surface area (TPSA) is 70.7 Å².